The van der Waals surface area contributed by atoms with Crippen molar-refractivity contribution in [2.24, 2.45) is 0 Å². The van der Waals surface area contributed by atoms with Crippen molar-refractivity contribution in [3.8, 4) is 0 Å². The van der Waals surface area contributed by atoms with Crippen molar-refractivity contribution in [1.82, 2.24) is 4.98 Å². The Kier molecular flexibility index (Phi) is 4.05. The SMILES string of the molecule is CC(OC(=O)c1ccc2ncoc2c1)C(=O)Nc1ccccc1. The van der Waals surface area contributed by atoms with Crippen molar-refractivity contribution in [3.63, 3.8) is 0 Å². The first kappa shape index (κ1) is 14.8. The number of oxazole rings is 1. The number of aromatic nitrogens is 1. The van der Waals surface area contributed by atoms with Gasteiger partial charge in [0.2, 0.25) is 0 Å². The van der Waals surface area contributed by atoms with E-state index < -0.39 is 18.0 Å². The van der Waals surface area contributed by atoms with E-state index in [0.717, 1.165) is 0 Å². The molecule has 1 unspecified atom stereocenters. The molecule has 0 bridgehead atoms. The fourth-order valence-electron chi connectivity index (χ4n) is 2.03. The third-order valence-electron chi connectivity index (χ3n) is 3.26. The number of hydrogen-bond acceptors (Lipinski definition) is 5. The molecular formula is C17H14N2O4. The maximum atomic E-state index is 12.1. The molecule has 6 nitrogen and oxygen atoms in total. The number of esters is 1. The lowest BCUT2D eigenvalue weighted by molar-refractivity contribution is -0.123. The Labute approximate surface area is 132 Å². The summed E-state index contributed by atoms with van der Waals surface area (Å²) in [6.45, 7) is 1.52. The van der Waals surface area contributed by atoms with Crippen LogP contribution in [0.25, 0.3) is 11.1 Å². The quantitative estimate of drug-likeness (QED) is 0.749. The Morgan fingerprint density at radius 2 is 1.96 bits per heavy atom. The second-order valence-corrected chi connectivity index (χ2v) is 4.94. The topological polar surface area (TPSA) is 81.4 Å². The van der Waals surface area contributed by atoms with Gasteiger partial charge < -0.3 is 14.5 Å². The molecule has 1 N–H and O–H groups in total. The Morgan fingerprint density at radius 3 is 2.74 bits per heavy atom. The Hall–Kier alpha value is -3.15. The minimum Gasteiger partial charge on any atom is -0.449 e. The summed E-state index contributed by atoms with van der Waals surface area (Å²) in [4.78, 5) is 28.1. The van der Waals surface area contributed by atoms with Crippen LogP contribution in [-0.4, -0.2) is 23.0 Å². The highest BCUT2D eigenvalue weighted by molar-refractivity contribution is 5.98. The van der Waals surface area contributed by atoms with Crippen LogP contribution in [-0.2, 0) is 9.53 Å². The highest BCUT2D eigenvalue weighted by atomic mass is 16.5. The molecule has 6 heteroatoms. The zero-order valence-electron chi connectivity index (χ0n) is 12.4. The monoisotopic (exact) mass is 310 g/mol. The first-order chi connectivity index (χ1) is 11.1. The highest BCUT2D eigenvalue weighted by Crippen LogP contribution is 2.16. The van der Waals surface area contributed by atoms with Gasteiger partial charge in [0.15, 0.2) is 18.1 Å². The Morgan fingerprint density at radius 1 is 1.17 bits per heavy atom. The molecule has 2 aromatic carbocycles. The number of nitrogens with one attached hydrogen (secondary N) is 1. The summed E-state index contributed by atoms with van der Waals surface area (Å²) in [6, 6.07) is 13.7. The predicted octanol–water partition coefficient (Wildman–Crippen LogP) is 3.01. The molecular weight excluding hydrogens is 296 g/mol. The summed E-state index contributed by atoms with van der Waals surface area (Å²) in [7, 11) is 0. The number of ether oxygens (including phenoxy) is 1. The molecule has 23 heavy (non-hydrogen) atoms. The average Bonchev–Trinajstić information content (AvgIpc) is 3.03. The van der Waals surface area contributed by atoms with Crippen LogP contribution in [0, 0.1) is 0 Å². The number of hydrogen-bond donors (Lipinski definition) is 1. The van der Waals surface area contributed by atoms with Crippen molar-refractivity contribution in [3.05, 3.63) is 60.5 Å². The summed E-state index contributed by atoms with van der Waals surface area (Å²) >= 11 is 0. The zero-order chi connectivity index (χ0) is 16.2. The molecule has 0 aliphatic rings. The molecule has 3 rings (SSSR count). The lowest BCUT2D eigenvalue weighted by Crippen LogP contribution is -2.29. The van der Waals surface area contributed by atoms with Crippen molar-refractivity contribution >= 4 is 28.7 Å². The third kappa shape index (κ3) is 3.37. The van der Waals surface area contributed by atoms with Gasteiger partial charge in [0.25, 0.3) is 5.91 Å². The van der Waals surface area contributed by atoms with Crippen LogP contribution in [0.15, 0.2) is 59.3 Å². The molecule has 0 spiro atoms. The molecule has 0 aliphatic heterocycles. The summed E-state index contributed by atoms with van der Waals surface area (Å²) in [6.07, 6.45) is 0.378. The van der Waals surface area contributed by atoms with E-state index in [1.165, 1.54) is 19.4 Å². The molecule has 1 heterocycles. The molecule has 0 saturated heterocycles. The molecule has 0 saturated carbocycles. The van der Waals surface area contributed by atoms with E-state index in [9.17, 15) is 9.59 Å². The maximum Gasteiger partial charge on any atom is 0.339 e. The lowest BCUT2D eigenvalue weighted by Gasteiger charge is -2.13. The van der Waals surface area contributed by atoms with Gasteiger partial charge in [-0.15, -0.1) is 0 Å². The number of anilines is 1. The van der Waals surface area contributed by atoms with Gasteiger partial charge in [0, 0.05) is 5.69 Å². The highest BCUT2D eigenvalue weighted by Gasteiger charge is 2.19. The van der Waals surface area contributed by atoms with Gasteiger partial charge in [-0.3, -0.25) is 4.79 Å². The first-order valence-electron chi connectivity index (χ1n) is 7.03. The van der Waals surface area contributed by atoms with Crippen LogP contribution in [0.1, 0.15) is 17.3 Å². The average molecular weight is 310 g/mol. The predicted molar refractivity (Wildman–Crippen MR) is 84.0 cm³/mol. The van der Waals surface area contributed by atoms with Crippen molar-refractivity contribution in [2.45, 2.75) is 13.0 Å². The van der Waals surface area contributed by atoms with E-state index in [0.29, 0.717) is 22.4 Å². The molecule has 1 aromatic heterocycles. The fourth-order valence-corrected chi connectivity index (χ4v) is 2.03. The normalized spacial score (nSPS) is 11.9. The van der Waals surface area contributed by atoms with Crippen molar-refractivity contribution in [2.75, 3.05) is 5.32 Å². The number of carbonyl (C=O) groups is 2. The minimum absolute atomic E-state index is 0.300. The number of fused-ring (bicyclic) bond motifs is 1. The second-order valence-electron chi connectivity index (χ2n) is 4.94. The van der Waals surface area contributed by atoms with Gasteiger partial charge in [0.05, 0.1) is 5.56 Å². The number of amides is 1. The van der Waals surface area contributed by atoms with E-state index in [1.54, 1.807) is 36.4 Å². The summed E-state index contributed by atoms with van der Waals surface area (Å²) < 4.78 is 10.3. The van der Waals surface area contributed by atoms with Crippen LogP contribution >= 0.6 is 0 Å². The van der Waals surface area contributed by atoms with E-state index in [2.05, 4.69) is 10.3 Å². The molecule has 1 amide bonds. The second kappa shape index (κ2) is 6.31. The summed E-state index contributed by atoms with van der Waals surface area (Å²) in [5.41, 5.74) is 2.08. The smallest absolute Gasteiger partial charge is 0.339 e. The molecule has 0 aliphatic carbocycles. The van der Waals surface area contributed by atoms with Gasteiger partial charge in [-0.2, -0.15) is 0 Å². The number of para-hydroxylation sites is 1. The number of nitrogens with zero attached hydrogens (tertiary/aromatic N) is 1. The Balaban J connectivity index is 1.65. The summed E-state index contributed by atoms with van der Waals surface area (Å²) in [5.74, 6) is -0.996. The van der Waals surface area contributed by atoms with E-state index in [1.807, 2.05) is 6.07 Å². The van der Waals surface area contributed by atoms with Crippen LogP contribution in [0.3, 0.4) is 0 Å². The summed E-state index contributed by atoms with van der Waals surface area (Å²) in [5, 5.41) is 2.68. The largest absolute Gasteiger partial charge is 0.449 e. The van der Waals surface area contributed by atoms with Crippen LogP contribution in [0.5, 0.6) is 0 Å². The molecule has 3 aromatic rings. The third-order valence-corrected chi connectivity index (χ3v) is 3.26. The van der Waals surface area contributed by atoms with Crippen LogP contribution in [0.4, 0.5) is 5.69 Å². The van der Waals surface area contributed by atoms with Gasteiger partial charge in [0.1, 0.15) is 5.52 Å². The van der Waals surface area contributed by atoms with Gasteiger partial charge in [-0.25, -0.2) is 9.78 Å². The van der Waals surface area contributed by atoms with Gasteiger partial charge in [-0.1, -0.05) is 18.2 Å². The van der Waals surface area contributed by atoms with Gasteiger partial charge >= 0.3 is 5.97 Å². The fraction of sp³-hybridized carbons (Fsp3) is 0.118. The van der Waals surface area contributed by atoms with Crippen molar-refractivity contribution < 1.29 is 18.7 Å². The molecule has 1 atom stereocenters. The van der Waals surface area contributed by atoms with Gasteiger partial charge in [-0.05, 0) is 37.3 Å². The maximum absolute atomic E-state index is 12.1. The molecule has 0 radical (unpaired) electrons. The lowest BCUT2D eigenvalue weighted by atomic mass is 10.2. The first-order valence-corrected chi connectivity index (χ1v) is 7.03. The van der Waals surface area contributed by atoms with E-state index in [-0.39, 0.29) is 0 Å². The molecule has 116 valence electrons. The number of carbonyl (C=O) groups excluding carboxylic acids is 2. The minimum atomic E-state index is -0.923. The van der Waals surface area contributed by atoms with Crippen LogP contribution in [0.2, 0.25) is 0 Å². The molecule has 0 fully saturated rings. The van der Waals surface area contributed by atoms with Crippen LogP contribution < -0.4 is 5.32 Å². The Bertz CT molecular complexity index is 842. The van der Waals surface area contributed by atoms with E-state index in [4.69, 9.17) is 9.15 Å². The standard InChI is InChI=1S/C17H14N2O4/c1-11(16(20)19-13-5-3-2-4-6-13)23-17(21)12-7-8-14-15(9-12)22-10-18-14/h2-11H,1H3,(H,19,20). The van der Waals surface area contributed by atoms with Crippen molar-refractivity contribution in [1.29, 1.82) is 0 Å². The number of benzene rings is 2. The van der Waals surface area contributed by atoms with E-state index >= 15 is 0 Å². The zero-order valence-corrected chi connectivity index (χ0v) is 12.4. The number of rotatable bonds is 4.